The fourth-order valence-corrected chi connectivity index (χ4v) is 3.01. The van der Waals surface area contributed by atoms with Gasteiger partial charge >= 0.3 is 0 Å². The molecule has 0 spiro atoms. The highest BCUT2D eigenvalue weighted by Gasteiger charge is 2.39. The number of rotatable bonds is 1. The van der Waals surface area contributed by atoms with E-state index in [0.29, 0.717) is 18.4 Å². The molecular formula is C13H17N3O. The lowest BCUT2D eigenvalue weighted by Crippen LogP contribution is -2.51. The Kier molecular flexibility index (Phi) is 2.59. The third-order valence-corrected chi connectivity index (χ3v) is 3.86. The monoisotopic (exact) mass is 231 g/mol. The summed E-state index contributed by atoms with van der Waals surface area (Å²) < 4.78 is 0. The normalized spacial score (nSPS) is 28.3. The number of pyridine rings is 1. The van der Waals surface area contributed by atoms with E-state index in [2.05, 4.69) is 16.4 Å². The lowest BCUT2D eigenvalue weighted by atomic mass is 9.95. The fraction of sp³-hybridized carbons (Fsp3) is 0.538. The molecule has 2 unspecified atom stereocenters. The zero-order valence-electron chi connectivity index (χ0n) is 10.0. The molecule has 1 N–H and O–H groups in total. The molecule has 0 bridgehead atoms. The SMILES string of the molecule is Cc1ncccc1C1NCCN2C(=O)CCC12. The van der Waals surface area contributed by atoms with Gasteiger partial charge < -0.3 is 10.2 Å². The molecule has 2 atom stereocenters. The molecule has 2 fully saturated rings. The maximum absolute atomic E-state index is 11.8. The maximum atomic E-state index is 11.8. The van der Waals surface area contributed by atoms with Crippen molar-refractivity contribution >= 4 is 5.91 Å². The van der Waals surface area contributed by atoms with Crippen LogP contribution in [0.5, 0.6) is 0 Å². The predicted molar refractivity (Wildman–Crippen MR) is 64.5 cm³/mol. The van der Waals surface area contributed by atoms with Crippen molar-refractivity contribution in [3.8, 4) is 0 Å². The van der Waals surface area contributed by atoms with E-state index in [4.69, 9.17) is 0 Å². The highest BCUT2D eigenvalue weighted by Crippen LogP contribution is 2.32. The smallest absolute Gasteiger partial charge is 0.223 e. The molecule has 4 heteroatoms. The summed E-state index contributed by atoms with van der Waals surface area (Å²) in [5, 5.41) is 3.53. The van der Waals surface area contributed by atoms with Crippen molar-refractivity contribution in [1.29, 1.82) is 0 Å². The summed E-state index contributed by atoms with van der Waals surface area (Å²) >= 11 is 0. The Bertz CT molecular complexity index is 446. The van der Waals surface area contributed by atoms with E-state index in [1.165, 1.54) is 5.56 Å². The van der Waals surface area contributed by atoms with E-state index in [-0.39, 0.29) is 6.04 Å². The van der Waals surface area contributed by atoms with Gasteiger partial charge in [-0.15, -0.1) is 0 Å². The second kappa shape index (κ2) is 4.11. The van der Waals surface area contributed by atoms with Crippen molar-refractivity contribution in [2.45, 2.75) is 31.8 Å². The first-order valence-electron chi connectivity index (χ1n) is 6.22. The first-order chi connectivity index (χ1) is 8.27. The van der Waals surface area contributed by atoms with Gasteiger partial charge in [0.2, 0.25) is 5.91 Å². The molecular weight excluding hydrogens is 214 g/mol. The first-order valence-corrected chi connectivity index (χ1v) is 6.22. The van der Waals surface area contributed by atoms with Crippen LogP contribution in [0.15, 0.2) is 18.3 Å². The zero-order chi connectivity index (χ0) is 11.8. The Balaban J connectivity index is 1.93. The lowest BCUT2D eigenvalue weighted by Gasteiger charge is -2.38. The predicted octanol–water partition coefficient (Wildman–Crippen LogP) is 1.03. The molecule has 2 aliphatic rings. The third kappa shape index (κ3) is 1.72. The Morgan fingerprint density at radius 1 is 1.53 bits per heavy atom. The minimum absolute atomic E-state index is 0.254. The van der Waals surface area contributed by atoms with Crippen LogP contribution in [0.3, 0.4) is 0 Å². The van der Waals surface area contributed by atoms with Gasteiger partial charge in [-0.1, -0.05) is 6.07 Å². The average molecular weight is 231 g/mol. The highest BCUT2D eigenvalue weighted by molar-refractivity contribution is 5.79. The Hall–Kier alpha value is -1.42. The molecule has 90 valence electrons. The standard InChI is InChI=1S/C13H17N3O/c1-9-10(3-2-6-14-9)13-11-4-5-12(17)16(11)8-7-15-13/h2-3,6,11,13,15H,4-5,7-8H2,1H3. The van der Waals surface area contributed by atoms with Crippen LogP contribution in [0.4, 0.5) is 0 Å². The minimum atomic E-state index is 0.254. The van der Waals surface area contributed by atoms with Crippen LogP contribution in [0.1, 0.15) is 30.1 Å². The summed E-state index contributed by atoms with van der Waals surface area (Å²) in [5.74, 6) is 0.308. The third-order valence-electron chi connectivity index (χ3n) is 3.86. The molecule has 3 heterocycles. The largest absolute Gasteiger partial charge is 0.337 e. The summed E-state index contributed by atoms with van der Waals surface area (Å²) in [6.45, 7) is 3.76. The van der Waals surface area contributed by atoms with Gasteiger partial charge in [-0.3, -0.25) is 9.78 Å². The van der Waals surface area contributed by atoms with Crippen LogP contribution in [0, 0.1) is 6.92 Å². The number of carbonyl (C=O) groups excluding carboxylic acids is 1. The Morgan fingerprint density at radius 3 is 3.24 bits per heavy atom. The molecule has 0 radical (unpaired) electrons. The van der Waals surface area contributed by atoms with E-state index in [1.807, 2.05) is 24.1 Å². The molecule has 1 aromatic rings. The van der Waals surface area contributed by atoms with E-state index >= 15 is 0 Å². The number of hydrogen-bond donors (Lipinski definition) is 1. The number of hydrogen-bond acceptors (Lipinski definition) is 3. The van der Waals surface area contributed by atoms with Crippen molar-refractivity contribution < 1.29 is 4.79 Å². The number of nitrogens with one attached hydrogen (secondary N) is 1. The Labute approximate surface area is 101 Å². The van der Waals surface area contributed by atoms with Crippen molar-refractivity contribution in [3.05, 3.63) is 29.6 Å². The van der Waals surface area contributed by atoms with E-state index in [1.54, 1.807) is 0 Å². The van der Waals surface area contributed by atoms with Crippen molar-refractivity contribution in [2.24, 2.45) is 0 Å². The van der Waals surface area contributed by atoms with Gasteiger partial charge in [0.05, 0.1) is 12.1 Å². The second-order valence-electron chi connectivity index (χ2n) is 4.80. The van der Waals surface area contributed by atoms with Gasteiger partial charge in [0, 0.05) is 31.4 Å². The summed E-state index contributed by atoms with van der Waals surface area (Å²) in [6, 6.07) is 4.66. The fourth-order valence-electron chi connectivity index (χ4n) is 3.01. The molecule has 4 nitrogen and oxygen atoms in total. The summed E-state index contributed by atoms with van der Waals surface area (Å²) in [4.78, 5) is 18.1. The molecule has 2 aliphatic heterocycles. The van der Waals surface area contributed by atoms with Gasteiger partial charge in [0.25, 0.3) is 0 Å². The molecule has 0 aliphatic carbocycles. The van der Waals surface area contributed by atoms with Crippen LogP contribution in [-0.4, -0.2) is 34.9 Å². The van der Waals surface area contributed by atoms with E-state index in [0.717, 1.165) is 25.2 Å². The summed E-state index contributed by atoms with van der Waals surface area (Å²) in [5.41, 5.74) is 2.29. The molecule has 1 amide bonds. The van der Waals surface area contributed by atoms with E-state index in [9.17, 15) is 4.79 Å². The number of piperazine rings is 1. The first kappa shape index (κ1) is 10.7. The molecule has 3 rings (SSSR count). The summed E-state index contributed by atoms with van der Waals surface area (Å²) in [7, 11) is 0. The molecule has 0 aromatic carbocycles. The van der Waals surface area contributed by atoms with Gasteiger partial charge in [0.1, 0.15) is 0 Å². The molecule has 0 saturated carbocycles. The maximum Gasteiger partial charge on any atom is 0.223 e. The average Bonchev–Trinajstić information content (AvgIpc) is 2.72. The van der Waals surface area contributed by atoms with Crippen LogP contribution < -0.4 is 5.32 Å². The zero-order valence-corrected chi connectivity index (χ0v) is 10.0. The number of carbonyl (C=O) groups is 1. The van der Waals surface area contributed by atoms with Crippen LogP contribution in [0.25, 0.3) is 0 Å². The van der Waals surface area contributed by atoms with Gasteiger partial charge in [-0.25, -0.2) is 0 Å². The molecule has 2 saturated heterocycles. The number of aryl methyl sites for hydroxylation is 1. The van der Waals surface area contributed by atoms with Gasteiger partial charge in [-0.05, 0) is 25.0 Å². The lowest BCUT2D eigenvalue weighted by molar-refractivity contribution is -0.130. The second-order valence-corrected chi connectivity index (χ2v) is 4.80. The topological polar surface area (TPSA) is 45.2 Å². The molecule has 17 heavy (non-hydrogen) atoms. The van der Waals surface area contributed by atoms with Gasteiger partial charge in [-0.2, -0.15) is 0 Å². The number of fused-ring (bicyclic) bond motifs is 1. The van der Waals surface area contributed by atoms with Crippen LogP contribution >= 0.6 is 0 Å². The van der Waals surface area contributed by atoms with Crippen LogP contribution in [0.2, 0.25) is 0 Å². The number of amides is 1. The number of nitrogens with zero attached hydrogens (tertiary/aromatic N) is 2. The van der Waals surface area contributed by atoms with E-state index < -0.39 is 0 Å². The quantitative estimate of drug-likeness (QED) is 0.785. The van der Waals surface area contributed by atoms with Gasteiger partial charge in [0.15, 0.2) is 0 Å². The van der Waals surface area contributed by atoms with Crippen molar-refractivity contribution in [2.75, 3.05) is 13.1 Å². The highest BCUT2D eigenvalue weighted by atomic mass is 16.2. The Morgan fingerprint density at radius 2 is 2.41 bits per heavy atom. The van der Waals surface area contributed by atoms with Crippen LogP contribution in [-0.2, 0) is 4.79 Å². The minimum Gasteiger partial charge on any atom is -0.337 e. The van der Waals surface area contributed by atoms with Crippen molar-refractivity contribution in [1.82, 2.24) is 15.2 Å². The van der Waals surface area contributed by atoms with Crippen molar-refractivity contribution in [3.63, 3.8) is 0 Å². The number of aromatic nitrogens is 1. The summed E-state index contributed by atoms with van der Waals surface area (Å²) in [6.07, 6.45) is 3.48. The molecule has 1 aromatic heterocycles.